The number of benzene rings is 3. The number of fused-ring (bicyclic) bond motifs is 3. The molecular weight excluding hydrogens is 574 g/mol. The molecule has 1 fully saturated rings. The molecule has 1 unspecified atom stereocenters. The quantitative estimate of drug-likeness (QED) is 0.279. The van der Waals surface area contributed by atoms with Crippen LogP contribution in [0, 0.1) is 0 Å². The minimum atomic E-state index is -3.83. The number of carbonyl (C=O) groups excluding carboxylic acids is 2. The second kappa shape index (κ2) is 11.7. The van der Waals surface area contributed by atoms with E-state index >= 15 is 0 Å². The SMILES string of the molecule is C[C@@H](c1ccccc1)N(C)C(=O)[C@H](Cc1c[nH]c2ccccc12)NC(=O)C1N(S(C)(=O)=O)c2ccccc2C12CCNCC2. The van der Waals surface area contributed by atoms with E-state index in [2.05, 4.69) is 15.6 Å². The number of nitrogens with one attached hydrogen (secondary N) is 3. The average molecular weight is 614 g/mol. The highest BCUT2D eigenvalue weighted by atomic mass is 32.2. The molecule has 4 aromatic rings. The molecule has 0 saturated carbocycles. The van der Waals surface area contributed by atoms with Crippen LogP contribution in [0.25, 0.3) is 10.9 Å². The van der Waals surface area contributed by atoms with Crippen LogP contribution in [0.2, 0.25) is 0 Å². The van der Waals surface area contributed by atoms with Gasteiger partial charge in [0.25, 0.3) is 0 Å². The van der Waals surface area contributed by atoms with Crippen LogP contribution in [0.3, 0.4) is 0 Å². The zero-order chi connectivity index (χ0) is 31.1. The summed E-state index contributed by atoms with van der Waals surface area (Å²) in [6.45, 7) is 3.27. The predicted octanol–water partition coefficient (Wildman–Crippen LogP) is 3.88. The summed E-state index contributed by atoms with van der Waals surface area (Å²) in [6, 6.07) is 22.8. The molecule has 1 saturated heterocycles. The monoisotopic (exact) mass is 613 g/mol. The number of H-pyrrole nitrogens is 1. The number of likely N-dealkylation sites (N-methyl/N-ethyl adjacent to an activating group) is 1. The third-order valence-electron chi connectivity index (χ3n) is 9.46. The fraction of sp³-hybridized carbons (Fsp3) is 0.353. The first-order valence-electron chi connectivity index (χ1n) is 15.1. The number of sulfonamides is 1. The van der Waals surface area contributed by atoms with Gasteiger partial charge in [0.1, 0.15) is 12.1 Å². The van der Waals surface area contributed by atoms with Gasteiger partial charge in [-0.2, -0.15) is 0 Å². The van der Waals surface area contributed by atoms with Gasteiger partial charge in [-0.05, 0) is 61.7 Å². The number of para-hydroxylation sites is 2. The number of hydrogen-bond acceptors (Lipinski definition) is 5. The third kappa shape index (κ3) is 5.26. The first kappa shape index (κ1) is 29.9. The highest BCUT2D eigenvalue weighted by Gasteiger charge is 2.57. The van der Waals surface area contributed by atoms with Crippen LogP contribution in [0.1, 0.15) is 42.5 Å². The Bertz CT molecular complexity index is 1780. The summed E-state index contributed by atoms with van der Waals surface area (Å²) in [5.41, 5.74) is 3.49. The maximum absolute atomic E-state index is 14.6. The Morgan fingerprint density at radius 1 is 1.00 bits per heavy atom. The topological polar surface area (TPSA) is 115 Å². The van der Waals surface area contributed by atoms with Crippen molar-refractivity contribution in [2.75, 3.05) is 30.7 Å². The van der Waals surface area contributed by atoms with Gasteiger partial charge in [-0.3, -0.25) is 13.9 Å². The van der Waals surface area contributed by atoms with Gasteiger partial charge in [0.15, 0.2) is 0 Å². The van der Waals surface area contributed by atoms with E-state index < -0.39 is 33.4 Å². The molecule has 0 aliphatic carbocycles. The standard InChI is InChI=1S/C34H39N5O4S/c1-23(24-11-5-4-6-12-24)38(2)33(41)29(21-25-22-36-28-15-9-7-13-26(25)28)37-32(40)31-34(17-19-35-20-18-34)27-14-8-10-16-30(27)39(31)44(3,42)43/h4-16,22-23,29,31,35-36H,17-21H2,1-3H3,(H,37,40)/t23-,29-,31?/m0/s1. The van der Waals surface area contributed by atoms with Gasteiger partial charge in [-0.1, -0.05) is 66.7 Å². The lowest BCUT2D eigenvalue weighted by atomic mass is 9.69. The fourth-order valence-corrected chi connectivity index (χ4v) is 8.30. The lowest BCUT2D eigenvalue weighted by Crippen LogP contribution is -2.61. The lowest BCUT2D eigenvalue weighted by molar-refractivity contribution is -0.137. The lowest BCUT2D eigenvalue weighted by Gasteiger charge is -2.41. The Balaban J connectivity index is 1.39. The molecule has 2 amide bonds. The largest absolute Gasteiger partial charge is 0.361 e. The summed E-state index contributed by atoms with van der Waals surface area (Å²) in [4.78, 5) is 33.8. The highest BCUT2D eigenvalue weighted by molar-refractivity contribution is 7.92. The summed E-state index contributed by atoms with van der Waals surface area (Å²) < 4.78 is 28.0. The Labute approximate surface area is 258 Å². The number of carbonyl (C=O) groups is 2. The van der Waals surface area contributed by atoms with Crippen LogP contribution in [0.5, 0.6) is 0 Å². The van der Waals surface area contributed by atoms with E-state index in [-0.39, 0.29) is 18.4 Å². The first-order valence-corrected chi connectivity index (χ1v) is 16.9. The Hall–Kier alpha value is -4.15. The van der Waals surface area contributed by atoms with Crippen LogP contribution in [0.15, 0.2) is 85.1 Å². The van der Waals surface area contributed by atoms with Crippen LogP contribution in [-0.2, 0) is 31.4 Å². The first-order chi connectivity index (χ1) is 21.1. The molecule has 3 heterocycles. The number of nitrogens with zero attached hydrogens (tertiary/aromatic N) is 2. The average Bonchev–Trinajstić information content (AvgIpc) is 3.57. The molecule has 3 N–H and O–H groups in total. The number of amides is 2. The Morgan fingerprint density at radius 3 is 2.39 bits per heavy atom. The van der Waals surface area contributed by atoms with E-state index in [4.69, 9.17) is 0 Å². The van der Waals surface area contributed by atoms with Gasteiger partial charge in [0.2, 0.25) is 21.8 Å². The van der Waals surface area contributed by atoms with Crippen LogP contribution >= 0.6 is 0 Å². The molecule has 1 spiro atoms. The molecule has 44 heavy (non-hydrogen) atoms. The van der Waals surface area contributed by atoms with Crippen molar-refractivity contribution in [3.05, 3.63) is 102 Å². The summed E-state index contributed by atoms with van der Waals surface area (Å²) in [6.07, 6.45) is 4.46. The van der Waals surface area contributed by atoms with E-state index in [1.54, 1.807) is 24.1 Å². The number of hydrogen-bond donors (Lipinski definition) is 3. The third-order valence-corrected chi connectivity index (χ3v) is 10.6. The van der Waals surface area contributed by atoms with Crippen molar-refractivity contribution >= 4 is 38.4 Å². The maximum Gasteiger partial charge on any atom is 0.245 e. The van der Waals surface area contributed by atoms with Gasteiger partial charge in [0.05, 0.1) is 18.0 Å². The molecule has 3 aromatic carbocycles. The summed E-state index contributed by atoms with van der Waals surface area (Å²) >= 11 is 0. The number of anilines is 1. The van der Waals surface area contributed by atoms with Crippen molar-refractivity contribution in [3.63, 3.8) is 0 Å². The molecule has 1 aromatic heterocycles. The van der Waals surface area contributed by atoms with Crippen molar-refractivity contribution in [1.29, 1.82) is 0 Å². The predicted molar refractivity (Wildman–Crippen MR) is 173 cm³/mol. The van der Waals surface area contributed by atoms with E-state index in [9.17, 15) is 18.0 Å². The fourth-order valence-electron chi connectivity index (χ4n) is 7.10. The molecule has 0 bridgehead atoms. The van der Waals surface area contributed by atoms with Crippen LogP contribution < -0.4 is 14.9 Å². The van der Waals surface area contributed by atoms with E-state index in [1.165, 1.54) is 4.31 Å². The van der Waals surface area contributed by atoms with Gasteiger partial charge < -0.3 is 20.5 Å². The van der Waals surface area contributed by atoms with Crippen LogP contribution in [-0.4, -0.2) is 68.6 Å². The molecule has 6 rings (SSSR count). The second-order valence-corrected chi connectivity index (χ2v) is 13.9. The zero-order valence-electron chi connectivity index (χ0n) is 25.3. The highest BCUT2D eigenvalue weighted by Crippen LogP contribution is 2.51. The molecular formula is C34H39N5O4S. The van der Waals surface area contributed by atoms with Gasteiger partial charge in [-0.15, -0.1) is 0 Å². The van der Waals surface area contributed by atoms with Crippen molar-refractivity contribution < 1.29 is 18.0 Å². The van der Waals surface area contributed by atoms with Crippen molar-refractivity contribution in [3.8, 4) is 0 Å². The van der Waals surface area contributed by atoms with Crippen molar-refractivity contribution in [1.82, 2.24) is 20.5 Å². The van der Waals surface area contributed by atoms with E-state index in [0.717, 1.165) is 33.8 Å². The van der Waals surface area contributed by atoms with Gasteiger partial charge in [-0.25, -0.2) is 8.42 Å². The van der Waals surface area contributed by atoms with Crippen molar-refractivity contribution in [2.24, 2.45) is 0 Å². The molecule has 230 valence electrons. The number of aromatic amines is 1. The number of rotatable bonds is 8. The molecule has 10 heteroatoms. The second-order valence-electron chi connectivity index (χ2n) is 12.0. The number of piperidine rings is 1. The number of aromatic nitrogens is 1. The maximum atomic E-state index is 14.6. The minimum absolute atomic E-state index is 0.244. The normalized spacial score (nSPS) is 19.0. The zero-order valence-corrected chi connectivity index (χ0v) is 26.1. The van der Waals surface area contributed by atoms with E-state index in [1.807, 2.05) is 79.9 Å². The Morgan fingerprint density at radius 2 is 1.66 bits per heavy atom. The van der Waals surface area contributed by atoms with E-state index in [0.29, 0.717) is 31.6 Å². The summed E-state index contributed by atoms with van der Waals surface area (Å²) in [5.74, 6) is -0.715. The molecule has 0 radical (unpaired) electrons. The molecule has 2 aliphatic rings. The smallest absolute Gasteiger partial charge is 0.245 e. The van der Waals surface area contributed by atoms with Crippen LogP contribution in [0.4, 0.5) is 5.69 Å². The van der Waals surface area contributed by atoms with Crippen molar-refractivity contribution in [2.45, 2.75) is 49.7 Å². The molecule has 9 nitrogen and oxygen atoms in total. The summed E-state index contributed by atoms with van der Waals surface area (Å²) in [7, 11) is -2.09. The molecule has 2 aliphatic heterocycles. The van der Waals surface area contributed by atoms with Gasteiger partial charge in [0, 0.05) is 36.0 Å². The van der Waals surface area contributed by atoms with Gasteiger partial charge >= 0.3 is 0 Å². The summed E-state index contributed by atoms with van der Waals surface area (Å²) in [5, 5.41) is 7.42. The minimum Gasteiger partial charge on any atom is -0.361 e. The Kier molecular flexibility index (Phi) is 7.98. The molecule has 3 atom stereocenters.